The van der Waals surface area contributed by atoms with Crippen molar-refractivity contribution < 1.29 is 24.9 Å². The van der Waals surface area contributed by atoms with Crippen molar-refractivity contribution in [3.63, 3.8) is 0 Å². The van der Waals surface area contributed by atoms with Crippen molar-refractivity contribution in [2.24, 2.45) is 5.92 Å². The Morgan fingerprint density at radius 3 is 0.914 bits per heavy atom. The maximum absolute atomic E-state index is 13.3. The molecule has 9 nitrogen and oxygen atoms in total. The minimum absolute atomic E-state index is 0.0731. The van der Waals surface area contributed by atoms with Crippen LogP contribution in [0, 0.1) is 5.92 Å². The maximum atomic E-state index is 13.3. The van der Waals surface area contributed by atoms with Crippen LogP contribution in [0.2, 0.25) is 0 Å². The second-order valence-electron chi connectivity index (χ2n) is 22.8. The fourth-order valence-electron chi connectivity index (χ4n) is 10.8. The van der Waals surface area contributed by atoms with Gasteiger partial charge in [-0.05, 0) is 83.2 Å². The van der Waals surface area contributed by atoms with E-state index in [2.05, 4.69) is 55.1 Å². The first-order chi connectivity index (χ1) is 34.1. The quantitative estimate of drug-likeness (QED) is 0.0384. The van der Waals surface area contributed by atoms with Crippen LogP contribution < -0.4 is 10.6 Å². The van der Waals surface area contributed by atoms with E-state index in [0.29, 0.717) is 31.8 Å². The standard InChI is InChI=1S/C61H122N4O5/c1-6-10-14-18-22-26-30-34-42-54(5)50-64(51-55(66)43-35-31-27-23-19-15-11-7-2)48-40-38-46-58-60(69)63-59(61(70)62-58)47-39-41-49-65(52-56(67)44-36-32-28-24-20-16-12-8-3)53-57(68)45-37-33-29-25-21-17-13-9-4/h54-59,66-68H,6-53H2,1-5H3,(H,62,70)(H,63,69). The van der Waals surface area contributed by atoms with Gasteiger partial charge in [0.05, 0.1) is 18.3 Å². The van der Waals surface area contributed by atoms with E-state index in [0.717, 1.165) is 90.4 Å². The number of hydrogen-bond acceptors (Lipinski definition) is 7. The molecule has 6 unspecified atom stereocenters. The molecule has 0 aromatic rings. The first-order valence-electron chi connectivity index (χ1n) is 31.2. The van der Waals surface area contributed by atoms with Crippen LogP contribution in [0.5, 0.6) is 0 Å². The van der Waals surface area contributed by atoms with Crippen molar-refractivity contribution in [2.75, 3.05) is 39.3 Å². The van der Waals surface area contributed by atoms with Crippen LogP contribution in [0.1, 0.15) is 304 Å². The Bertz CT molecular complexity index is 1000. The van der Waals surface area contributed by atoms with Gasteiger partial charge in [-0.1, -0.05) is 240 Å². The summed E-state index contributed by atoms with van der Waals surface area (Å²) < 4.78 is 0. The Hall–Kier alpha value is -1.26. The molecule has 5 N–H and O–H groups in total. The van der Waals surface area contributed by atoms with E-state index in [1.165, 1.54) is 193 Å². The van der Waals surface area contributed by atoms with Gasteiger partial charge >= 0.3 is 0 Å². The molecule has 70 heavy (non-hydrogen) atoms. The monoisotopic (exact) mass is 991 g/mol. The molecule has 1 aliphatic rings. The minimum Gasteiger partial charge on any atom is -0.392 e. The molecule has 9 heteroatoms. The smallest absolute Gasteiger partial charge is 0.243 e. The molecule has 416 valence electrons. The first-order valence-corrected chi connectivity index (χ1v) is 31.2. The van der Waals surface area contributed by atoms with E-state index in [1.54, 1.807) is 0 Å². The highest BCUT2D eigenvalue weighted by Gasteiger charge is 2.33. The van der Waals surface area contributed by atoms with Gasteiger partial charge in [-0.15, -0.1) is 0 Å². The number of carbonyl (C=O) groups is 2. The van der Waals surface area contributed by atoms with Gasteiger partial charge in [-0.25, -0.2) is 0 Å². The summed E-state index contributed by atoms with van der Waals surface area (Å²) in [5.41, 5.74) is 0. The number of aliphatic hydroxyl groups excluding tert-OH is 3. The van der Waals surface area contributed by atoms with E-state index in [9.17, 15) is 24.9 Å². The molecule has 1 heterocycles. The van der Waals surface area contributed by atoms with Gasteiger partial charge in [-0.3, -0.25) is 14.5 Å². The van der Waals surface area contributed by atoms with Crippen molar-refractivity contribution in [2.45, 2.75) is 335 Å². The summed E-state index contributed by atoms with van der Waals surface area (Å²) in [5, 5.41) is 39.4. The third-order valence-corrected chi connectivity index (χ3v) is 15.4. The lowest BCUT2D eigenvalue weighted by molar-refractivity contribution is -0.137. The van der Waals surface area contributed by atoms with Crippen LogP contribution in [-0.4, -0.2) is 107 Å². The topological polar surface area (TPSA) is 125 Å². The summed E-state index contributed by atoms with van der Waals surface area (Å²) in [6.45, 7) is 16.0. The number of rotatable bonds is 54. The maximum Gasteiger partial charge on any atom is 0.243 e. The highest BCUT2D eigenvalue weighted by atomic mass is 16.3. The predicted molar refractivity (Wildman–Crippen MR) is 301 cm³/mol. The van der Waals surface area contributed by atoms with Crippen LogP contribution in [0.15, 0.2) is 0 Å². The molecule has 1 fully saturated rings. The van der Waals surface area contributed by atoms with Crippen molar-refractivity contribution in [1.82, 2.24) is 20.4 Å². The molecule has 0 radical (unpaired) electrons. The largest absolute Gasteiger partial charge is 0.392 e. The van der Waals surface area contributed by atoms with Gasteiger partial charge in [0.2, 0.25) is 11.8 Å². The van der Waals surface area contributed by atoms with Gasteiger partial charge in [0.15, 0.2) is 0 Å². The molecule has 1 saturated heterocycles. The predicted octanol–water partition coefficient (Wildman–Crippen LogP) is 14.8. The van der Waals surface area contributed by atoms with E-state index in [1.807, 2.05) is 0 Å². The normalized spacial score (nSPS) is 17.1. The Kier molecular flexibility index (Phi) is 46.4. The molecule has 1 aliphatic heterocycles. The zero-order valence-corrected chi connectivity index (χ0v) is 47.5. The van der Waals surface area contributed by atoms with Gasteiger partial charge in [0, 0.05) is 26.2 Å². The van der Waals surface area contributed by atoms with Crippen LogP contribution in [0.4, 0.5) is 0 Å². The number of carbonyl (C=O) groups excluding carboxylic acids is 2. The van der Waals surface area contributed by atoms with Crippen LogP contribution in [-0.2, 0) is 9.59 Å². The number of aliphatic hydroxyl groups is 3. The van der Waals surface area contributed by atoms with Gasteiger partial charge in [-0.2, -0.15) is 0 Å². The average molecular weight is 992 g/mol. The van der Waals surface area contributed by atoms with Crippen molar-refractivity contribution in [3.8, 4) is 0 Å². The Balaban J connectivity index is 2.60. The molecule has 1 rings (SSSR count). The second kappa shape index (κ2) is 48.7. The van der Waals surface area contributed by atoms with E-state index in [4.69, 9.17) is 0 Å². The number of nitrogens with zero attached hydrogens (tertiary/aromatic N) is 2. The second-order valence-corrected chi connectivity index (χ2v) is 22.8. The highest BCUT2D eigenvalue weighted by molar-refractivity contribution is 5.96. The zero-order valence-electron chi connectivity index (χ0n) is 47.5. The molecule has 0 spiro atoms. The molecule has 0 saturated carbocycles. The number of amides is 2. The fourth-order valence-corrected chi connectivity index (χ4v) is 10.8. The third-order valence-electron chi connectivity index (χ3n) is 15.4. The number of hydrogen-bond donors (Lipinski definition) is 5. The van der Waals surface area contributed by atoms with Crippen molar-refractivity contribution >= 4 is 11.8 Å². The molecule has 0 aliphatic carbocycles. The van der Waals surface area contributed by atoms with Crippen LogP contribution >= 0.6 is 0 Å². The number of unbranched alkanes of at least 4 members (excludes halogenated alkanes) is 30. The Morgan fingerprint density at radius 1 is 0.357 bits per heavy atom. The van der Waals surface area contributed by atoms with E-state index >= 15 is 0 Å². The average Bonchev–Trinajstić information content (AvgIpc) is 3.33. The lowest BCUT2D eigenvalue weighted by atomic mass is 9.99. The Labute approximate surface area is 435 Å². The molecule has 2 amide bonds. The van der Waals surface area contributed by atoms with Crippen molar-refractivity contribution in [3.05, 3.63) is 0 Å². The molecular formula is C61H122N4O5. The SMILES string of the molecule is CCCCCCCCCCC(C)CN(CCCCC1NC(=O)C(CCCCN(CC(O)CCCCCCCCCC)CC(O)CCCCCCCCCC)NC1=O)CC(O)CCCCCCCCCC. The summed E-state index contributed by atoms with van der Waals surface area (Å²) in [5.74, 6) is 0.436. The van der Waals surface area contributed by atoms with Gasteiger partial charge in [0.1, 0.15) is 12.1 Å². The summed E-state index contributed by atoms with van der Waals surface area (Å²) in [6, 6.07) is -1.01. The zero-order chi connectivity index (χ0) is 51.1. The van der Waals surface area contributed by atoms with Gasteiger partial charge in [0.25, 0.3) is 0 Å². The lowest BCUT2D eigenvalue weighted by Gasteiger charge is -2.31. The van der Waals surface area contributed by atoms with E-state index in [-0.39, 0.29) is 17.9 Å². The van der Waals surface area contributed by atoms with Crippen LogP contribution in [0.3, 0.4) is 0 Å². The summed E-state index contributed by atoms with van der Waals surface area (Å²) >= 11 is 0. The van der Waals surface area contributed by atoms with Gasteiger partial charge < -0.3 is 30.9 Å². The summed E-state index contributed by atoms with van der Waals surface area (Å²) in [4.78, 5) is 31.4. The Morgan fingerprint density at radius 2 is 0.614 bits per heavy atom. The first kappa shape index (κ1) is 66.8. The third kappa shape index (κ3) is 40.2. The van der Waals surface area contributed by atoms with Crippen LogP contribution in [0.25, 0.3) is 0 Å². The van der Waals surface area contributed by atoms with Crippen molar-refractivity contribution in [1.29, 1.82) is 0 Å². The molecule has 0 aromatic heterocycles. The fraction of sp³-hybridized carbons (Fsp3) is 0.967. The lowest BCUT2D eigenvalue weighted by Crippen LogP contribution is -2.61. The minimum atomic E-state index is -0.516. The number of piperazine rings is 1. The summed E-state index contributed by atoms with van der Waals surface area (Å²) in [6.07, 6.45) is 48.2. The highest BCUT2D eigenvalue weighted by Crippen LogP contribution is 2.19. The molecule has 0 aromatic carbocycles. The molecule has 6 atom stereocenters. The molecular weight excluding hydrogens is 869 g/mol. The molecule has 0 bridgehead atoms. The van der Waals surface area contributed by atoms with E-state index < -0.39 is 24.3 Å². The summed E-state index contributed by atoms with van der Waals surface area (Å²) in [7, 11) is 0. The number of nitrogens with one attached hydrogen (secondary N) is 2.